The molecule has 2 rings (SSSR count). The van der Waals surface area contributed by atoms with Crippen LogP contribution in [0.25, 0.3) is 0 Å². The summed E-state index contributed by atoms with van der Waals surface area (Å²) in [5.74, 6) is -0.693. The largest absolute Gasteiger partial charge is 0.408 e. The first kappa shape index (κ1) is 11.7. The lowest BCUT2D eigenvalue weighted by molar-refractivity contribution is 0.102. The third-order valence-electron chi connectivity index (χ3n) is 1.93. The van der Waals surface area contributed by atoms with Crippen molar-refractivity contribution in [3.8, 4) is 0 Å². The summed E-state index contributed by atoms with van der Waals surface area (Å²) in [6.07, 6.45) is 0. The van der Waals surface area contributed by atoms with Crippen LogP contribution in [0.2, 0.25) is 0 Å². The SMILES string of the molecule is Cc1nnc(NC(=O)c2ccc(Br)c(F)c2)o1. The van der Waals surface area contributed by atoms with Crippen molar-refractivity contribution in [2.45, 2.75) is 6.92 Å². The van der Waals surface area contributed by atoms with E-state index >= 15 is 0 Å². The Morgan fingerprint density at radius 3 is 2.82 bits per heavy atom. The molecule has 0 aliphatic carbocycles. The fourth-order valence-corrected chi connectivity index (χ4v) is 1.40. The van der Waals surface area contributed by atoms with Gasteiger partial charge in [-0.25, -0.2) is 4.39 Å². The summed E-state index contributed by atoms with van der Waals surface area (Å²) in [5, 5.41) is 9.52. The predicted octanol–water partition coefficient (Wildman–Crippen LogP) is 2.53. The molecular formula is C10H7BrFN3O2. The van der Waals surface area contributed by atoms with Crippen molar-refractivity contribution >= 4 is 27.9 Å². The van der Waals surface area contributed by atoms with Crippen LogP contribution in [-0.4, -0.2) is 16.1 Å². The second-order valence-electron chi connectivity index (χ2n) is 3.21. The lowest BCUT2D eigenvalue weighted by Gasteiger charge is -2.01. The Balaban J connectivity index is 2.17. The number of carbonyl (C=O) groups excluding carboxylic acids is 1. The molecule has 0 spiro atoms. The molecule has 5 nitrogen and oxygen atoms in total. The highest BCUT2D eigenvalue weighted by Gasteiger charge is 2.11. The number of hydrogen-bond donors (Lipinski definition) is 1. The number of benzene rings is 1. The number of amides is 1. The van der Waals surface area contributed by atoms with Gasteiger partial charge in [0.25, 0.3) is 5.91 Å². The van der Waals surface area contributed by atoms with Gasteiger partial charge in [0.05, 0.1) is 4.47 Å². The lowest BCUT2D eigenvalue weighted by atomic mass is 10.2. The van der Waals surface area contributed by atoms with Crippen LogP contribution >= 0.6 is 15.9 Å². The van der Waals surface area contributed by atoms with Crippen molar-refractivity contribution in [1.29, 1.82) is 0 Å². The summed E-state index contributed by atoms with van der Waals surface area (Å²) in [7, 11) is 0. The molecule has 0 fully saturated rings. The van der Waals surface area contributed by atoms with Crippen LogP contribution in [-0.2, 0) is 0 Å². The fourth-order valence-electron chi connectivity index (χ4n) is 1.15. The summed E-state index contributed by atoms with van der Waals surface area (Å²) in [6.45, 7) is 1.60. The Morgan fingerprint density at radius 1 is 1.47 bits per heavy atom. The Bertz CT molecular complexity index is 570. The first-order valence-electron chi connectivity index (χ1n) is 4.63. The molecule has 0 radical (unpaired) electrons. The molecule has 1 N–H and O–H groups in total. The molecule has 0 saturated carbocycles. The van der Waals surface area contributed by atoms with Crippen molar-refractivity contribution in [1.82, 2.24) is 10.2 Å². The molecule has 0 atom stereocenters. The number of nitrogens with zero attached hydrogens (tertiary/aromatic N) is 2. The molecule has 17 heavy (non-hydrogen) atoms. The highest BCUT2D eigenvalue weighted by atomic mass is 79.9. The molecule has 1 aromatic heterocycles. The van der Waals surface area contributed by atoms with Crippen LogP contribution in [0.1, 0.15) is 16.2 Å². The van der Waals surface area contributed by atoms with Gasteiger partial charge < -0.3 is 4.42 Å². The van der Waals surface area contributed by atoms with Gasteiger partial charge in [-0.3, -0.25) is 10.1 Å². The molecule has 0 bridgehead atoms. The van der Waals surface area contributed by atoms with Crippen molar-refractivity contribution in [2.24, 2.45) is 0 Å². The minimum atomic E-state index is -0.514. The average Bonchev–Trinajstić information content (AvgIpc) is 2.68. The van der Waals surface area contributed by atoms with E-state index in [4.69, 9.17) is 4.42 Å². The van der Waals surface area contributed by atoms with Crippen molar-refractivity contribution in [2.75, 3.05) is 5.32 Å². The van der Waals surface area contributed by atoms with E-state index in [0.29, 0.717) is 10.4 Å². The van der Waals surface area contributed by atoms with Gasteiger partial charge in [0.2, 0.25) is 5.89 Å². The molecule has 0 saturated heterocycles. The van der Waals surface area contributed by atoms with Crippen molar-refractivity contribution in [3.63, 3.8) is 0 Å². The topological polar surface area (TPSA) is 68.0 Å². The Kier molecular flexibility index (Phi) is 3.19. The quantitative estimate of drug-likeness (QED) is 0.925. The Hall–Kier alpha value is -1.76. The Morgan fingerprint density at radius 2 is 2.24 bits per heavy atom. The van der Waals surface area contributed by atoms with Gasteiger partial charge in [0.15, 0.2) is 0 Å². The summed E-state index contributed by atoms with van der Waals surface area (Å²) in [6, 6.07) is 4.02. The van der Waals surface area contributed by atoms with E-state index in [1.165, 1.54) is 12.1 Å². The van der Waals surface area contributed by atoms with Crippen LogP contribution in [0.3, 0.4) is 0 Å². The molecule has 1 heterocycles. The number of aromatic nitrogens is 2. The summed E-state index contributed by atoms with van der Waals surface area (Å²) in [4.78, 5) is 11.7. The molecular weight excluding hydrogens is 293 g/mol. The van der Waals surface area contributed by atoms with Gasteiger partial charge in [-0.15, -0.1) is 5.10 Å². The standard InChI is InChI=1S/C10H7BrFN3O2/c1-5-14-15-10(17-5)13-9(16)6-2-3-7(11)8(12)4-6/h2-4H,1H3,(H,13,15,16). The van der Waals surface area contributed by atoms with Gasteiger partial charge in [-0.1, -0.05) is 5.10 Å². The van der Waals surface area contributed by atoms with Crippen LogP contribution in [0.5, 0.6) is 0 Å². The summed E-state index contributed by atoms with van der Waals surface area (Å²) < 4.78 is 18.5. The zero-order chi connectivity index (χ0) is 12.4. The molecule has 2 aromatic rings. The molecule has 7 heteroatoms. The molecule has 88 valence electrons. The van der Waals surface area contributed by atoms with Crippen LogP contribution in [0, 0.1) is 12.7 Å². The maximum atomic E-state index is 13.2. The third-order valence-corrected chi connectivity index (χ3v) is 2.57. The molecule has 0 unspecified atom stereocenters. The zero-order valence-electron chi connectivity index (χ0n) is 8.70. The fraction of sp³-hybridized carbons (Fsp3) is 0.100. The average molecular weight is 300 g/mol. The highest BCUT2D eigenvalue weighted by molar-refractivity contribution is 9.10. The van der Waals surface area contributed by atoms with Gasteiger partial charge in [-0.2, -0.15) is 0 Å². The van der Waals surface area contributed by atoms with E-state index in [9.17, 15) is 9.18 Å². The smallest absolute Gasteiger partial charge is 0.322 e. The second kappa shape index (κ2) is 4.62. The maximum Gasteiger partial charge on any atom is 0.322 e. The van der Waals surface area contributed by atoms with Gasteiger partial charge in [-0.05, 0) is 34.1 Å². The van der Waals surface area contributed by atoms with Crippen LogP contribution in [0.4, 0.5) is 10.4 Å². The van der Waals surface area contributed by atoms with E-state index in [-0.39, 0.29) is 11.6 Å². The number of halogens is 2. The molecule has 0 aliphatic heterocycles. The number of rotatable bonds is 2. The summed E-state index contributed by atoms with van der Waals surface area (Å²) in [5.41, 5.74) is 0.168. The molecule has 1 aromatic carbocycles. The first-order valence-corrected chi connectivity index (χ1v) is 5.42. The van der Waals surface area contributed by atoms with Crippen LogP contribution in [0.15, 0.2) is 27.1 Å². The van der Waals surface area contributed by atoms with Crippen LogP contribution < -0.4 is 5.32 Å². The minimum Gasteiger partial charge on any atom is -0.408 e. The van der Waals surface area contributed by atoms with Gasteiger partial charge in [0.1, 0.15) is 5.82 Å². The number of aryl methyl sites for hydroxylation is 1. The van der Waals surface area contributed by atoms with E-state index in [2.05, 4.69) is 31.4 Å². The number of anilines is 1. The van der Waals surface area contributed by atoms with E-state index in [1.807, 2.05) is 0 Å². The monoisotopic (exact) mass is 299 g/mol. The third kappa shape index (κ3) is 2.68. The maximum absolute atomic E-state index is 13.2. The van der Waals surface area contributed by atoms with E-state index in [1.54, 1.807) is 6.92 Å². The van der Waals surface area contributed by atoms with Gasteiger partial charge in [0, 0.05) is 12.5 Å². The lowest BCUT2D eigenvalue weighted by Crippen LogP contribution is -2.12. The molecule has 1 amide bonds. The summed E-state index contributed by atoms with van der Waals surface area (Å²) >= 11 is 3.00. The normalized spacial score (nSPS) is 10.3. The number of hydrogen-bond acceptors (Lipinski definition) is 4. The number of carbonyl (C=O) groups is 1. The van der Waals surface area contributed by atoms with E-state index < -0.39 is 11.7 Å². The zero-order valence-corrected chi connectivity index (χ0v) is 10.3. The molecule has 0 aliphatic rings. The van der Waals surface area contributed by atoms with Crippen molar-refractivity contribution < 1.29 is 13.6 Å². The van der Waals surface area contributed by atoms with E-state index in [0.717, 1.165) is 6.07 Å². The number of nitrogens with one attached hydrogen (secondary N) is 1. The Labute approximate surface area is 104 Å². The van der Waals surface area contributed by atoms with Gasteiger partial charge >= 0.3 is 6.01 Å². The first-order chi connectivity index (χ1) is 8.06. The second-order valence-corrected chi connectivity index (χ2v) is 4.06. The predicted molar refractivity (Wildman–Crippen MR) is 61.1 cm³/mol. The van der Waals surface area contributed by atoms with Crippen molar-refractivity contribution in [3.05, 3.63) is 39.9 Å². The minimum absolute atomic E-state index is 0.0178. The highest BCUT2D eigenvalue weighted by Crippen LogP contribution is 2.17.